The molecule has 2 aromatic carbocycles. The molecule has 2 amide bonds. The summed E-state index contributed by atoms with van der Waals surface area (Å²) < 4.78 is 22.9. The Bertz CT molecular complexity index is 1530. The van der Waals surface area contributed by atoms with Crippen molar-refractivity contribution in [2.75, 3.05) is 11.4 Å². The molecule has 0 saturated heterocycles. The lowest BCUT2D eigenvalue weighted by Crippen LogP contribution is -2.44. The van der Waals surface area contributed by atoms with Gasteiger partial charge in [0.05, 0.1) is 29.8 Å². The maximum Gasteiger partial charge on any atom is 0.268 e. The number of hydrogen-bond donors (Lipinski definition) is 1. The molecule has 8 nitrogen and oxygen atoms in total. The largest absolute Gasteiger partial charge is 0.476 e. The second kappa shape index (κ2) is 7.90. The summed E-state index contributed by atoms with van der Waals surface area (Å²) in [5.41, 5.74) is 5.34. The van der Waals surface area contributed by atoms with Crippen LogP contribution in [0.4, 0.5) is 10.1 Å². The van der Waals surface area contributed by atoms with Crippen LogP contribution in [0.25, 0.3) is 16.8 Å². The second-order valence-electron chi connectivity index (χ2n) is 8.82. The number of aromatic nitrogens is 3. The molecular formula is C26H22FN5O3. The van der Waals surface area contributed by atoms with E-state index in [0.717, 1.165) is 23.4 Å². The highest BCUT2D eigenvalue weighted by Gasteiger charge is 2.35. The van der Waals surface area contributed by atoms with Gasteiger partial charge in [0.25, 0.3) is 11.8 Å². The zero-order valence-electron chi connectivity index (χ0n) is 19.2. The molecule has 0 fully saturated rings. The van der Waals surface area contributed by atoms with E-state index in [4.69, 9.17) is 4.74 Å². The maximum absolute atomic E-state index is 15.3. The van der Waals surface area contributed by atoms with Gasteiger partial charge in [-0.25, -0.2) is 9.37 Å². The molecule has 35 heavy (non-hydrogen) atoms. The first-order valence-corrected chi connectivity index (χ1v) is 11.4. The van der Waals surface area contributed by atoms with Crippen LogP contribution in [0.15, 0.2) is 48.9 Å². The number of halogens is 1. The summed E-state index contributed by atoms with van der Waals surface area (Å²) in [7, 11) is 0. The van der Waals surface area contributed by atoms with E-state index in [1.54, 1.807) is 37.6 Å². The average Bonchev–Trinajstić information content (AvgIpc) is 3.17. The number of rotatable bonds is 3. The van der Waals surface area contributed by atoms with Crippen molar-refractivity contribution in [1.29, 1.82) is 0 Å². The predicted octanol–water partition coefficient (Wildman–Crippen LogP) is 3.44. The van der Waals surface area contributed by atoms with E-state index in [2.05, 4.69) is 15.3 Å². The second-order valence-corrected chi connectivity index (χ2v) is 8.82. The zero-order chi connectivity index (χ0) is 24.3. The predicted molar refractivity (Wildman–Crippen MR) is 127 cm³/mol. The zero-order valence-corrected chi connectivity index (χ0v) is 19.2. The molecule has 1 N–H and O–H groups in total. The molecule has 0 bridgehead atoms. The summed E-state index contributed by atoms with van der Waals surface area (Å²) in [5.74, 6) is -0.951. The lowest BCUT2D eigenvalue weighted by molar-refractivity contribution is -0.125. The SMILES string of the molecule is Cc1nc2cnccn2c1CN1C(=O)[C@@H](C)Oc2c(F)cc(-c3ccc4c(c3)C(=O)NCC4)cc21. The van der Waals surface area contributed by atoms with E-state index in [9.17, 15) is 9.59 Å². The van der Waals surface area contributed by atoms with Crippen LogP contribution in [0.5, 0.6) is 5.75 Å². The monoisotopic (exact) mass is 471 g/mol. The minimum Gasteiger partial charge on any atom is -0.476 e. The number of benzene rings is 2. The quantitative estimate of drug-likeness (QED) is 0.495. The molecule has 2 aliphatic rings. The summed E-state index contributed by atoms with van der Waals surface area (Å²) in [6.45, 7) is 4.27. The first-order valence-electron chi connectivity index (χ1n) is 11.4. The van der Waals surface area contributed by atoms with Crippen molar-refractivity contribution in [2.45, 2.75) is 32.9 Å². The fourth-order valence-corrected chi connectivity index (χ4v) is 4.80. The summed E-state index contributed by atoms with van der Waals surface area (Å²) in [5, 5.41) is 2.84. The molecule has 0 radical (unpaired) electrons. The Balaban J connectivity index is 1.47. The fourth-order valence-electron chi connectivity index (χ4n) is 4.80. The topological polar surface area (TPSA) is 88.8 Å². The van der Waals surface area contributed by atoms with Crippen LogP contribution in [0.2, 0.25) is 0 Å². The third kappa shape index (κ3) is 3.42. The normalized spacial score (nSPS) is 17.1. The molecule has 2 aliphatic heterocycles. The van der Waals surface area contributed by atoms with Gasteiger partial charge in [0.2, 0.25) is 0 Å². The van der Waals surface area contributed by atoms with Crippen molar-refractivity contribution in [2.24, 2.45) is 0 Å². The number of carbonyl (C=O) groups excluding carboxylic acids is 2. The van der Waals surface area contributed by atoms with Gasteiger partial charge in [0, 0.05) is 24.5 Å². The number of ether oxygens (including phenoxy) is 1. The van der Waals surface area contributed by atoms with Crippen LogP contribution in [0.1, 0.15) is 34.2 Å². The van der Waals surface area contributed by atoms with Gasteiger partial charge < -0.3 is 10.1 Å². The molecule has 4 aromatic rings. The van der Waals surface area contributed by atoms with Crippen molar-refractivity contribution in [3.63, 3.8) is 0 Å². The number of nitrogens with zero attached hydrogens (tertiary/aromatic N) is 4. The van der Waals surface area contributed by atoms with E-state index in [1.165, 1.54) is 11.0 Å². The molecule has 0 aliphatic carbocycles. The average molecular weight is 471 g/mol. The van der Waals surface area contributed by atoms with E-state index in [0.29, 0.717) is 34.6 Å². The summed E-state index contributed by atoms with van der Waals surface area (Å²) >= 11 is 0. The molecule has 1 atom stereocenters. The van der Waals surface area contributed by atoms with E-state index in [1.807, 2.05) is 23.5 Å². The molecule has 0 unspecified atom stereocenters. The highest BCUT2D eigenvalue weighted by atomic mass is 19.1. The Hall–Kier alpha value is -4.27. The van der Waals surface area contributed by atoms with Crippen LogP contribution < -0.4 is 15.0 Å². The van der Waals surface area contributed by atoms with Crippen LogP contribution in [0, 0.1) is 12.7 Å². The van der Waals surface area contributed by atoms with Crippen LogP contribution in [-0.2, 0) is 17.8 Å². The number of anilines is 1. The van der Waals surface area contributed by atoms with Crippen molar-refractivity contribution < 1.29 is 18.7 Å². The number of imidazole rings is 1. The summed E-state index contributed by atoms with van der Waals surface area (Å²) in [4.78, 5) is 35.8. The maximum atomic E-state index is 15.3. The molecule has 2 aromatic heterocycles. The number of hydrogen-bond acceptors (Lipinski definition) is 5. The fraction of sp³-hybridized carbons (Fsp3) is 0.231. The molecule has 176 valence electrons. The van der Waals surface area contributed by atoms with E-state index < -0.39 is 11.9 Å². The van der Waals surface area contributed by atoms with Gasteiger partial charge >= 0.3 is 0 Å². The van der Waals surface area contributed by atoms with Crippen molar-refractivity contribution >= 4 is 23.1 Å². The number of fused-ring (bicyclic) bond motifs is 3. The van der Waals surface area contributed by atoms with Gasteiger partial charge in [0.15, 0.2) is 23.3 Å². The third-order valence-corrected chi connectivity index (χ3v) is 6.63. The number of aryl methyl sites for hydroxylation is 1. The third-order valence-electron chi connectivity index (χ3n) is 6.63. The Kier molecular flexibility index (Phi) is 4.80. The molecular weight excluding hydrogens is 449 g/mol. The Labute approximate surface area is 200 Å². The first kappa shape index (κ1) is 21.3. The highest BCUT2D eigenvalue weighted by Crippen LogP contribution is 2.41. The van der Waals surface area contributed by atoms with Gasteiger partial charge in [-0.15, -0.1) is 0 Å². The molecule has 9 heteroatoms. The number of carbonyl (C=O) groups is 2. The minimum atomic E-state index is -0.837. The Morgan fingerprint density at radius 3 is 2.91 bits per heavy atom. The van der Waals surface area contributed by atoms with Gasteiger partial charge in [-0.3, -0.25) is 23.9 Å². The van der Waals surface area contributed by atoms with Crippen molar-refractivity contribution in [3.05, 3.63) is 77.3 Å². The van der Waals surface area contributed by atoms with Crippen LogP contribution in [0.3, 0.4) is 0 Å². The molecule has 6 rings (SSSR count). The van der Waals surface area contributed by atoms with E-state index >= 15 is 4.39 Å². The number of amides is 2. The van der Waals surface area contributed by atoms with Gasteiger partial charge in [-0.2, -0.15) is 0 Å². The van der Waals surface area contributed by atoms with Gasteiger partial charge in [-0.1, -0.05) is 12.1 Å². The van der Waals surface area contributed by atoms with Crippen molar-refractivity contribution in [3.8, 4) is 16.9 Å². The lowest BCUT2D eigenvalue weighted by Gasteiger charge is -2.33. The summed E-state index contributed by atoms with van der Waals surface area (Å²) in [6, 6.07) is 8.67. The number of nitrogens with one attached hydrogen (secondary N) is 1. The smallest absolute Gasteiger partial charge is 0.268 e. The standard InChI is InChI=1S/C26H22FN5O3/c1-14-22(31-8-7-28-12-23(31)30-14)13-32-21-11-18(10-20(27)24(21)35-15(2)26(32)34)17-4-3-16-5-6-29-25(33)19(16)9-17/h3-4,7-12,15H,5-6,13H2,1-2H3,(H,29,33)/t15-/m1/s1. The summed E-state index contributed by atoms with van der Waals surface area (Å²) in [6.07, 6.45) is 5.01. The highest BCUT2D eigenvalue weighted by molar-refractivity contribution is 6.01. The van der Waals surface area contributed by atoms with Crippen LogP contribution >= 0.6 is 0 Å². The minimum absolute atomic E-state index is 0.0321. The van der Waals surface area contributed by atoms with E-state index in [-0.39, 0.29) is 24.1 Å². The Morgan fingerprint density at radius 1 is 1.20 bits per heavy atom. The molecule has 0 saturated carbocycles. The van der Waals surface area contributed by atoms with Crippen molar-refractivity contribution in [1.82, 2.24) is 19.7 Å². The Morgan fingerprint density at radius 2 is 2.06 bits per heavy atom. The van der Waals surface area contributed by atoms with Gasteiger partial charge in [0.1, 0.15) is 0 Å². The molecule has 0 spiro atoms. The first-order chi connectivity index (χ1) is 16.9. The van der Waals surface area contributed by atoms with Crippen LogP contribution in [-0.4, -0.2) is 38.8 Å². The van der Waals surface area contributed by atoms with Gasteiger partial charge in [-0.05, 0) is 55.2 Å². The lowest BCUT2D eigenvalue weighted by atomic mass is 9.94. The molecule has 4 heterocycles.